The van der Waals surface area contributed by atoms with E-state index >= 15 is 0 Å². The number of amides is 2. The molecule has 0 saturated heterocycles. The number of hydrogen-bond donors (Lipinski definition) is 3. The van der Waals surface area contributed by atoms with Crippen molar-refractivity contribution in [3.8, 4) is 11.8 Å². The maximum absolute atomic E-state index is 12.3. The molecule has 3 N–H and O–H groups in total. The summed E-state index contributed by atoms with van der Waals surface area (Å²) < 4.78 is 37.0. The van der Waals surface area contributed by atoms with Crippen LogP contribution in [-0.4, -0.2) is 33.3 Å². The van der Waals surface area contributed by atoms with Crippen molar-refractivity contribution in [3.05, 3.63) is 47.9 Å². The molecule has 0 aliphatic carbocycles. The van der Waals surface area contributed by atoms with Crippen molar-refractivity contribution in [2.45, 2.75) is 6.18 Å². The molecule has 0 aliphatic rings. The van der Waals surface area contributed by atoms with Crippen molar-refractivity contribution in [2.75, 3.05) is 10.6 Å². The monoisotopic (exact) mass is 350 g/mol. The zero-order valence-corrected chi connectivity index (χ0v) is 12.3. The first-order valence-electron chi connectivity index (χ1n) is 6.57. The Labute approximate surface area is 138 Å². The highest BCUT2D eigenvalue weighted by Crippen LogP contribution is 2.19. The van der Waals surface area contributed by atoms with Crippen LogP contribution in [-0.2, 0) is 4.79 Å². The minimum absolute atomic E-state index is 0.0333. The van der Waals surface area contributed by atoms with Gasteiger partial charge in [-0.1, -0.05) is 5.92 Å². The number of carbonyl (C=O) groups excluding carboxylic acids is 1. The van der Waals surface area contributed by atoms with Gasteiger partial charge < -0.3 is 10.4 Å². The number of nitrogens with one attached hydrogen (secondary N) is 2. The van der Waals surface area contributed by atoms with Crippen molar-refractivity contribution in [3.63, 3.8) is 0 Å². The number of nitrogens with zero attached hydrogens (tertiary/aromatic N) is 2. The molecule has 0 saturated carbocycles. The Balaban J connectivity index is 2.26. The number of carboxylic acid groups (broad SMARTS) is 1. The molecule has 2 amide bonds. The molecule has 2 aromatic rings. The third-order valence-electron chi connectivity index (χ3n) is 2.63. The Morgan fingerprint density at radius 1 is 1.08 bits per heavy atom. The molecular formula is C15H9F3N4O3. The predicted octanol–water partition coefficient (Wildman–Crippen LogP) is 2.47. The van der Waals surface area contributed by atoms with Crippen LogP contribution in [0.1, 0.15) is 11.3 Å². The largest absolute Gasteiger partial charge is 0.471 e. The van der Waals surface area contributed by atoms with Gasteiger partial charge in [-0.25, -0.2) is 14.8 Å². The highest BCUT2D eigenvalue weighted by atomic mass is 19.4. The lowest BCUT2D eigenvalue weighted by Crippen LogP contribution is -2.30. The van der Waals surface area contributed by atoms with Gasteiger partial charge in [0.1, 0.15) is 11.5 Å². The van der Waals surface area contributed by atoms with Gasteiger partial charge in [0.25, 0.3) is 0 Å². The lowest BCUT2D eigenvalue weighted by atomic mass is 10.2. The van der Waals surface area contributed by atoms with Gasteiger partial charge in [0.05, 0.1) is 5.69 Å². The molecule has 2 rings (SSSR count). The normalized spacial score (nSPS) is 10.4. The summed E-state index contributed by atoms with van der Waals surface area (Å²) in [7, 11) is 0. The third kappa shape index (κ3) is 5.21. The van der Waals surface area contributed by atoms with E-state index in [1.54, 1.807) is 5.32 Å². The van der Waals surface area contributed by atoms with E-state index in [2.05, 4.69) is 21.8 Å². The molecule has 0 atom stereocenters. The van der Waals surface area contributed by atoms with Gasteiger partial charge in [0.15, 0.2) is 0 Å². The van der Waals surface area contributed by atoms with E-state index in [9.17, 15) is 22.8 Å². The van der Waals surface area contributed by atoms with Crippen LogP contribution in [0.25, 0.3) is 0 Å². The maximum Gasteiger partial charge on any atom is 0.471 e. The highest BCUT2D eigenvalue weighted by molar-refractivity contribution is 5.95. The molecule has 0 fully saturated rings. The van der Waals surface area contributed by atoms with Gasteiger partial charge in [-0.05, 0) is 30.2 Å². The summed E-state index contributed by atoms with van der Waals surface area (Å²) in [6, 6.07) is 5.37. The van der Waals surface area contributed by atoms with Crippen molar-refractivity contribution >= 4 is 23.5 Å². The van der Waals surface area contributed by atoms with Crippen LogP contribution in [0.15, 0.2) is 36.7 Å². The Kier molecular flexibility index (Phi) is 5.18. The van der Waals surface area contributed by atoms with Crippen LogP contribution in [0, 0.1) is 11.8 Å². The SMILES string of the molecule is O=C(O)Nc1cc(C#Cc2ncccc2NC(=O)C(F)(F)F)ccn1. The van der Waals surface area contributed by atoms with Gasteiger partial charge in [0.2, 0.25) is 0 Å². The number of anilines is 2. The van der Waals surface area contributed by atoms with Crippen molar-refractivity contribution < 1.29 is 27.9 Å². The third-order valence-corrected chi connectivity index (χ3v) is 2.63. The fourth-order valence-corrected chi connectivity index (χ4v) is 1.62. The van der Waals surface area contributed by atoms with Gasteiger partial charge in [-0.2, -0.15) is 13.2 Å². The van der Waals surface area contributed by atoms with Crippen LogP contribution < -0.4 is 10.6 Å². The fourth-order valence-electron chi connectivity index (χ4n) is 1.62. The van der Waals surface area contributed by atoms with E-state index in [4.69, 9.17) is 5.11 Å². The van der Waals surface area contributed by atoms with Crippen LogP contribution in [0.4, 0.5) is 29.5 Å². The molecule has 0 bridgehead atoms. The predicted molar refractivity (Wildman–Crippen MR) is 80.8 cm³/mol. The molecule has 7 nitrogen and oxygen atoms in total. The minimum Gasteiger partial charge on any atom is -0.465 e. The summed E-state index contributed by atoms with van der Waals surface area (Å²) in [6.07, 6.45) is -3.74. The number of rotatable bonds is 2. The lowest BCUT2D eigenvalue weighted by Gasteiger charge is -2.08. The van der Waals surface area contributed by atoms with Gasteiger partial charge in [-0.15, -0.1) is 0 Å². The average Bonchev–Trinajstić information content (AvgIpc) is 2.53. The molecule has 128 valence electrons. The Morgan fingerprint density at radius 2 is 1.84 bits per heavy atom. The number of pyridine rings is 2. The summed E-state index contributed by atoms with van der Waals surface area (Å²) >= 11 is 0. The quantitative estimate of drug-likeness (QED) is 0.722. The zero-order valence-electron chi connectivity index (χ0n) is 12.3. The Hall–Kier alpha value is -3.61. The number of alkyl halides is 3. The molecule has 0 radical (unpaired) electrons. The first-order valence-corrected chi connectivity index (χ1v) is 6.57. The van der Waals surface area contributed by atoms with Crippen LogP contribution in [0.2, 0.25) is 0 Å². The fraction of sp³-hybridized carbons (Fsp3) is 0.0667. The first kappa shape index (κ1) is 17.7. The van der Waals surface area contributed by atoms with Crippen LogP contribution in [0.5, 0.6) is 0 Å². The Bertz CT molecular complexity index is 872. The molecule has 25 heavy (non-hydrogen) atoms. The minimum atomic E-state index is -5.04. The second kappa shape index (κ2) is 7.31. The van der Waals surface area contributed by atoms with Crippen LogP contribution >= 0.6 is 0 Å². The van der Waals surface area contributed by atoms with E-state index < -0.39 is 18.2 Å². The van der Waals surface area contributed by atoms with E-state index in [1.165, 1.54) is 36.7 Å². The summed E-state index contributed by atoms with van der Waals surface area (Å²) in [5.41, 5.74) is 0.0671. The smallest absolute Gasteiger partial charge is 0.465 e. The number of hydrogen-bond acceptors (Lipinski definition) is 4. The number of carbonyl (C=O) groups is 2. The van der Waals surface area contributed by atoms with Gasteiger partial charge >= 0.3 is 18.2 Å². The summed E-state index contributed by atoms with van der Waals surface area (Å²) in [4.78, 5) is 29.2. The summed E-state index contributed by atoms with van der Waals surface area (Å²) in [5, 5.41) is 12.4. The summed E-state index contributed by atoms with van der Waals surface area (Å²) in [5.74, 6) is 3.02. The average molecular weight is 350 g/mol. The summed E-state index contributed by atoms with van der Waals surface area (Å²) in [6.45, 7) is 0. The molecular weight excluding hydrogens is 341 g/mol. The van der Waals surface area contributed by atoms with Crippen molar-refractivity contribution in [1.29, 1.82) is 0 Å². The first-order chi connectivity index (χ1) is 11.8. The highest BCUT2D eigenvalue weighted by Gasteiger charge is 2.38. The van der Waals surface area contributed by atoms with Gasteiger partial charge in [0, 0.05) is 18.0 Å². The second-order valence-electron chi connectivity index (χ2n) is 4.46. The maximum atomic E-state index is 12.3. The van der Waals surface area contributed by atoms with Crippen molar-refractivity contribution in [2.24, 2.45) is 0 Å². The molecule has 10 heteroatoms. The standard InChI is InChI=1S/C15H9F3N4O3/c16-15(17,18)13(23)21-11-2-1-6-19-10(11)4-3-9-5-7-20-12(8-9)22-14(24)25/h1-2,5-8H,(H,20,22)(H,21,23)(H,24,25). The molecule has 0 unspecified atom stereocenters. The number of halogens is 3. The molecule has 0 aromatic carbocycles. The second-order valence-corrected chi connectivity index (χ2v) is 4.46. The van der Waals surface area contributed by atoms with E-state index in [0.717, 1.165) is 0 Å². The zero-order chi connectivity index (χ0) is 18.4. The molecule has 2 heterocycles. The van der Waals surface area contributed by atoms with E-state index in [0.29, 0.717) is 5.56 Å². The van der Waals surface area contributed by atoms with Gasteiger partial charge in [-0.3, -0.25) is 10.1 Å². The van der Waals surface area contributed by atoms with Crippen LogP contribution in [0.3, 0.4) is 0 Å². The molecule has 0 spiro atoms. The van der Waals surface area contributed by atoms with E-state index in [-0.39, 0.29) is 17.2 Å². The number of aromatic nitrogens is 2. The van der Waals surface area contributed by atoms with Crippen molar-refractivity contribution in [1.82, 2.24) is 9.97 Å². The molecule has 0 aliphatic heterocycles. The Morgan fingerprint density at radius 3 is 2.52 bits per heavy atom. The van der Waals surface area contributed by atoms with E-state index in [1.807, 2.05) is 5.32 Å². The topological polar surface area (TPSA) is 104 Å². The molecule has 2 aromatic heterocycles. The lowest BCUT2D eigenvalue weighted by molar-refractivity contribution is -0.167.